The summed E-state index contributed by atoms with van der Waals surface area (Å²) in [5.41, 5.74) is 2.71. The fraction of sp³-hybridized carbons (Fsp3) is 0.500. The molecule has 2 aromatic rings. The first-order valence-electron chi connectivity index (χ1n) is 6.77. The molecule has 2 nitrogen and oxygen atoms in total. The van der Waals surface area contributed by atoms with Crippen molar-refractivity contribution in [3.63, 3.8) is 0 Å². The number of hydrogen-bond acceptors (Lipinski definition) is 0. The molecular weight excluding hydrogens is 252 g/mol. The highest BCUT2D eigenvalue weighted by Gasteiger charge is 2.20. The second kappa shape index (κ2) is 5.22. The summed E-state index contributed by atoms with van der Waals surface area (Å²) in [5.74, 6) is 0. The van der Waals surface area contributed by atoms with E-state index in [1.807, 2.05) is 0 Å². The number of hydrogen-bond donors (Lipinski definition) is 1. The number of H-pyrrole nitrogens is 1. The average Bonchev–Trinajstić information content (AvgIpc) is 2.70. The zero-order valence-electron chi connectivity index (χ0n) is 12.9. The lowest BCUT2D eigenvalue weighted by Crippen LogP contribution is -2.44. The summed E-state index contributed by atoms with van der Waals surface area (Å²) < 4.78 is 0.998. The topological polar surface area (TPSA) is 15.8 Å². The minimum absolute atomic E-state index is 0.325. The molecular formula is C16H26N2S+2. The van der Waals surface area contributed by atoms with Crippen molar-refractivity contribution in [3.8, 4) is 0 Å². The smallest absolute Gasteiger partial charge is 0.155 e. The van der Waals surface area contributed by atoms with Gasteiger partial charge in [-0.2, -0.15) is 0 Å². The summed E-state index contributed by atoms with van der Waals surface area (Å²) in [6.07, 6.45) is 7.86. The molecule has 1 heterocycles. The second-order valence-corrected chi connectivity index (χ2v) is 8.61. The Morgan fingerprint density at radius 3 is 2.47 bits per heavy atom. The maximum atomic E-state index is 3.41. The summed E-state index contributed by atoms with van der Waals surface area (Å²) in [5, 5.41) is 1.40. The molecule has 2 rings (SSSR count). The Morgan fingerprint density at radius 2 is 1.89 bits per heavy atom. The molecule has 0 radical (unpaired) electrons. The summed E-state index contributed by atoms with van der Waals surface area (Å²) in [6, 6.07) is 7.45. The molecule has 0 fully saturated rings. The first kappa shape index (κ1) is 14.5. The van der Waals surface area contributed by atoms with Crippen LogP contribution in [0.2, 0.25) is 0 Å². The molecule has 0 amide bonds. The molecule has 0 aliphatic carbocycles. The number of nitrogens with zero attached hydrogens (tertiary/aromatic N) is 1. The Morgan fingerprint density at radius 1 is 1.21 bits per heavy atom. The predicted molar refractivity (Wildman–Crippen MR) is 87.0 cm³/mol. The van der Waals surface area contributed by atoms with Gasteiger partial charge in [0.15, 0.2) is 4.90 Å². The molecule has 19 heavy (non-hydrogen) atoms. The van der Waals surface area contributed by atoms with Crippen LogP contribution in [0.5, 0.6) is 0 Å². The van der Waals surface area contributed by atoms with Gasteiger partial charge in [-0.3, -0.25) is 0 Å². The summed E-state index contributed by atoms with van der Waals surface area (Å²) in [6.45, 7) is 2.33. The molecule has 1 N–H and O–H groups in total. The van der Waals surface area contributed by atoms with Crippen molar-refractivity contribution in [3.05, 3.63) is 30.0 Å². The minimum Gasteiger partial charge on any atom is -0.361 e. The van der Waals surface area contributed by atoms with Crippen molar-refractivity contribution in [1.82, 2.24) is 4.98 Å². The van der Waals surface area contributed by atoms with E-state index in [1.54, 1.807) is 0 Å². The zero-order chi connectivity index (χ0) is 14.2. The van der Waals surface area contributed by atoms with Gasteiger partial charge in [0.05, 0.1) is 27.2 Å². The SMILES string of the molecule is CC(Cc1c[nH]c2ccc([S+](C)C)cc12)[N+](C)(C)C. The fourth-order valence-electron chi connectivity index (χ4n) is 2.17. The molecule has 104 valence electrons. The molecule has 1 atom stereocenters. The Balaban J connectivity index is 2.36. The van der Waals surface area contributed by atoms with Crippen molar-refractivity contribution >= 4 is 21.8 Å². The van der Waals surface area contributed by atoms with Gasteiger partial charge in [0.25, 0.3) is 0 Å². The first-order valence-corrected chi connectivity index (χ1v) is 8.82. The third kappa shape index (κ3) is 3.15. The molecule has 0 spiro atoms. The number of aromatic nitrogens is 1. The highest BCUT2D eigenvalue weighted by Crippen LogP contribution is 2.24. The lowest BCUT2D eigenvalue weighted by atomic mass is 10.0. The van der Waals surface area contributed by atoms with Crippen LogP contribution in [-0.2, 0) is 17.3 Å². The predicted octanol–water partition coefficient (Wildman–Crippen LogP) is 3.04. The average molecular weight is 278 g/mol. The fourth-order valence-corrected chi connectivity index (χ4v) is 2.87. The Hall–Kier alpha value is -0.930. The molecule has 3 heteroatoms. The van der Waals surface area contributed by atoms with Crippen LogP contribution in [0, 0.1) is 0 Å². The largest absolute Gasteiger partial charge is 0.361 e. The third-order valence-electron chi connectivity index (χ3n) is 4.05. The second-order valence-electron chi connectivity index (χ2n) is 6.51. The van der Waals surface area contributed by atoms with Gasteiger partial charge in [0, 0.05) is 40.5 Å². The van der Waals surface area contributed by atoms with Crippen LogP contribution in [0.1, 0.15) is 12.5 Å². The molecule has 0 aliphatic rings. The minimum atomic E-state index is 0.325. The number of nitrogens with one attached hydrogen (secondary N) is 1. The molecule has 1 aromatic heterocycles. The highest BCUT2D eigenvalue weighted by molar-refractivity contribution is 7.95. The van der Waals surface area contributed by atoms with Gasteiger partial charge in [-0.25, -0.2) is 0 Å². The van der Waals surface area contributed by atoms with E-state index >= 15 is 0 Å². The van der Waals surface area contributed by atoms with Crippen LogP contribution in [0.25, 0.3) is 10.9 Å². The van der Waals surface area contributed by atoms with Gasteiger partial charge in [0.1, 0.15) is 12.5 Å². The van der Waals surface area contributed by atoms with E-state index in [4.69, 9.17) is 0 Å². The number of quaternary nitrogens is 1. The standard InChI is InChI=1S/C16H26N2S/c1-12(18(2,3)4)9-13-11-17-16-8-7-14(19(5)6)10-15(13)16/h7-8,10-12,17H,9H2,1-6H3/q+2. The Kier molecular flexibility index (Phi) is 3.98. The molecule has 0 aliphatic heterocycles. The van der Waals surface area contributed by atoms with Crippen molar-refractivity contribution < 1.29 is 4.48 Å². The van der Waals surface area contributed by atoms with Gasteiger partial charge in [-0.15, -0.1) is 0 Å². The van der Waals surface area contributed by atoms with Crippen LogP contribution in [0.15, 0.2) is 29.3 Å². The first-order chi connectivity index (χ1) is 8.79. The van der Waals surface area contributed by atoms with Gasteiger partial charge >= 0.3 is 0 Å². The summed E-state index contributed by atoms with van der Waals surface area (Å²) >= 11 is 0. The van der Waals surface area contributed by atoms with Crippen LogP contribution in [0.4, 0.5) is 0 Å². The zero-order valence-corrected chi connectivity index (χ0v) is 13.8. The van der Waals surface area contributed by atoms with Gasteiger partial charge < -0.3 is 9.47 Å². The maximum Gasteiger partial charge on any atom is 0.155 e. The summed E-state index contributed by atoms with van der Waals surface area (Å²) in [4.78, 5) is 4.86. The molecule has 0 saturated heterocycles. The summed E-state index contributed by atoms with van der Waals surface area (Å²) in [7, 11) is 7.12. The van der Waals surface area contributed by atoms with Gasteiger partial charge in [-0.1, -0.05) is 0 Å². The monoisotopic (exact) mass is 278 g/mol. The molecule has 1 unspecified atom stereocenters. The van der Waals surface area contributed by atoms with Crippen LogP contribution >= 0.6 is 0 Å². The molecule has 1 aromatic carbocycles. The lowest BCUT2D eigenvalue weighted by Gasteiger charge is -2.31. The number of aromatic amines is 1. The van der Waals surface area contributed by atoms with Crippen molar-refractivity contribution in [2.24, 2.45) is 0 Å². The van der Waals surface area contributed by atoms with Crippen LogP contribution < -0.4 is 0 Å². The third-order valence-corrected chi connectivity index (χ3v) is 5.24. The maximum absolute atomic E-state index is 3.41. The van der Waals surface area contributed by atoms with Gasteiger partial charge in [0.2, 0.25) is 0 Å². The van der Waals surface area contributed by atoms with Crippen LogP contribution in [-0.4, -0.2) is 49.2 Å². The molecule has 0 saturated carbocycles. The normalized spacial score (nSPS) is 14.3. The lowest BCUT2D eigenvalue weighted by molar-refractivity contribution is -0.893. The number of rotatable bonds is 4. The highest BCUT2D eigenvalue weighted by atomic mass is 32.2. The van der Waals surface area contributed by atoms with E-state index in [9.17, 15) is 0 Å². The number of fused-ring (bicyclic) bond motifs is 1. The Labute approximate surface area is 119 Å². The molecule has 0 bridgehead atoms. The van der Waals surface area contributed by atoms with E-state index in [0.29, 0.717) is 16.9 Å². The van der Waals surface area contributed by atoms with Crippen LogP contribution in [0.3, 0.4) is 0 Å². The number of benzene rings is 1. The number of likely N-dealkylation sites (N-methyl/N-ethyl adjacent to an activating group) is 1. The Bertz CT molecular complexity index is 564. The van der Waals surface area contributed by atoms with Crippen molar-refractivity contribution in [1.29, 1.82) is 0 Å². The van der Waals surface area contributed by atoms with E-state index in [0.717, 1.165) is 10.9 Å². The van der Waals surface area contributed by atoms with Crippen molar-refractivity contribution in [2.75, 3.05) is 33.7 Å². The quantitative estimate of drug-likeness (QED) is 0.653. The van der Waals surface area contributed by atoms with E-state index in [2.05, 4.69) is 70.0 Å². The van der Waals surface area contributed by atoms with E-state index in [-0.39, 0.29) is 0 Å². The van der Waals surface area contributed by atoms with E-state index < -0.39 is 0 Å². The van der Waals surface area contributed by atoms with Gasteiger partial charge in [-0.05, 0) is 24.6 Å². The van der Waals surface area contributed by atoms with E-state index in [1.165, 1.54) is 21.4 Å². The van der Waals surface area contributed by atoms with Crippen molar-refractivity contribution in [2.45, 2.75) is 24.3 Å².